The van der Waals surface area contributed by atoms with Crippen molar-refractivity contribution in [2.45, 2.75) is 31.1 Å². The van der Waals surface area contributed by atoms with E-state index in [1.54, 1.807) is 18.2 Å². The molecular formula is C18H23NO3S. The van der Waals surface area contributed by atoms with Gasteiger partial charge in [0.1, 0.15) is 6.29 Å². The van der Waals surface area contributed by atoms with Crippen molar-refractivity contribution in [2.24, 2.45) is 5.92 Å². The maximum absolute atomic E-state index is 13.0. The lowest BCUT2D eigenvalue weighted by Crippen LogP contribution is -2.36. The zero-order chi connectivity index (χ0) is 17.1. The summed E-state index contributed by atoms with van der Waals surface area (Å²) >= 11 is 0. The molecule has 0 aromatic heterocycles. The lowest BCUT2D eigenvalue weighted by atomic mass is 9.70. The second-order valence-corrected chi connectivity index (χ2v) is 7.68. The molecule has 4 nitrogen and oxygen atoms in total. The summed E-state index contributed by atoms with van der Waals surface area (Å²) in [5.74, 6) is -0.388. The van der Waals surface area contributed by atoms with E-state index >= 15 is 0 Å². The summed E-state index contributed by atoms with van der Waals surface area (Å²) in [6.45, 7) is 6.38. The van der Waals surface area contributed by atoms with Gasteiger partial charge >= 0.3 is 0 Å². The summed E-state index contributed by atoms with van der Waals surface area (Å²) in [5.41, 5.74) is -0.0163. The molecule has 0 N–H and O–H groups in total. The minimum atomic E-state index is -3.59. The van der Waals surface area contributed by atoms with Crippen LogP contribution in [0.1, 0.15) is 26.3 Å². The molecular weight excluding hydrogens is 310 g/mol. The molecule has 0 saturated carbocycles. The summed E-state index contributed by atoms with van der Waals surface area (Å²) in [6, 6.07) is 6.97. The van der Waals surface area contributed by atoms with Crippen molar-refractivity contribution in [3.63, 3.8) is 0 Å². The smallest absolute Gasteiger partial charge is 0.243 e. The molecule has 2 atom stereocenters. The van der Waals surface area contributed by atoms with E-state index in [0.29, 0.717) is 18.7 Å². The van der Waals surface area contributed by atoms with Crippen molar-refractivity contribution in [2.75, 3.05) is 13.1 Å². The molecule has 0 heterocycles. The predicted octanol–water partition coefficient (Wildman–Crippen LogP) is 2.92. The van der Waals surface area contributed by atoms with Crippen LogP contribution >= 0.6 is 0 Å². The number of carbonyl (C=O) groups is 1. The number of aldehydes is 1. The van der Waals surface area contributed by atoms with Crippen LogP contribution in [0.15, 0.2) is 53.5 Å². The predicted molar refractivity (Wildman–Crippen MR) is 91.7 cm³/mol. The highest BCUT2D eigenvalue weighted by Crippen LogP contribution is 2.39. The van der Waals surface area contributed by atoms with Crippen LogP contribution in [-0.2, 0) is 20.2 Å². The lowest BCUT2D eigenvalue weighted by Gasteiger charge is -2.34. The van der Waals surface area contributed by atoms with Crippen molar-refractivity contribution in [1.82, 2.24) is 4.31 Å². The van der Waals surface area contributed by atoms with E-state index in [9.17, 15) is 13.2 Å². The van der Waals surface area contributed by atoms with E-state index in [0.717, 1.165) is 6.29 Å². The Bertz CT molecular complexity index is 732. The standard InChI is InChI=1S/C18H23NO3S/c1-4-19(5-2)23(21,22)17-12-7-6-11-16(17)18(3)13-9-8-10-15(18)14-20/h6-15H,4-5H2,1-3H3. The Hall–Kier alpha value is -1.72. The number of sulfonamides is 1. The molecule has 23 heavy (non-hydrogen) atoms. The first-order valence-corrected chi connectivity index (χ1v) is 9.26. The minimum absolute atomic E-state index is 0.276. The van der Waals surface area contributed by atoms with Crippen LogP contribution in [0.25, 0.3) is 0 Å². The molecule has 0 aliphatic heterocycles. The van der Waals surface area contributed by atoms with Gasteiger partial charge in [0.25, 0.3) is 0 Å². The average Bonchev–Trinajstić information content (AvgIpc) is 2.56. The molecule has 0 radical (unpaired) electrons. The van der Waals surface area contributed by atoms with Gasteiger partial charge in [-0.2, -0.15) is 4.31 Å². The number of allylic oxidation sites excluding steroid dienone is 4. The van der Waals surface area contributed by atoms with E-state index < -0.39 is 15.4 Å². The van der Waals surface area contributed by atoms with Gasteiger partial charge in [-0.05, 0) is 11.6 Å². The van der Waals surface area contributed by atoms with Gasteiger partial charge in [-0.25, -0.2) is 8.42 Å². The van der Waals surface area contributed by atoms with Crippen molar-refractivity contribution < 1.29 is 13.2 Å². The van der Waals surface area contributed by atoms with Gasteiger partial charge in [-0.15, -0.1) is 0 Å². The Morgan fingerprint density at radius 3 is 2.43 bits per heavy atom. The summed E-state index contributed by atoms with van der Waals surface area (Å²) < 4.78 is 27.4. The lowest BCUT2D eigenvalue weighted by molar-refractivity contribution is -0.111. The molecule has 1 aromatic carbocycles. The van der Waals surface area contributed by atoms with Gasteiger partial charge < -0.3 is 4.79 Å². The molecule has 1 aliphatic rings. The molecule has 124 valence electrons. The van der Waals surface area contributed by atoms with Crippen molar-refractivity contribution in [3.8, 4) is 0 Å². The fraction of sp³-hybridized carbons (Fsp3) is 0.389. The fourth-order valence-electron chi connectivity index (χ4n) is 3.05. The van der Waals surface area contributed by atoms with Crippen molar-refractivity contribution in [1.29, 1.82) is 0 Å². The number of hydrogen-bond donors (Lipinski definition) is 0. The number of hydrogen-bond acceptors (Lipinski definition) is 3. The Morgan fingerprint density at radius 1 is 1.17 bits per heavy atom. The summed E-state index contributed by atoms with van der Waals surface area (Å²) in [4.78, 5) is 11.8. The van der Waals surface area contributed by atoms with Gasteiger partial charge in [0.2, 0.25) is 10.0 Å². The third-order valence-corrected chi connectivity index (χ3v) is 6.61. The zero-order valence-electron chi connectivity index (χ0n) is 13.8. The maximum atomic E-state index is 13.0. The van der Waals surface area contributed by atoms with E-state index in [-0.39, 0.29) is 10.8 Å². The van der Waals surface area contributed by atoms with Crippen LogP contribution in [-0.4, -0.2) is 32.1 Å². The van der Waals surface area contributed by atoms with Crippen LogP contribution < -0.4 is 0 Å². The molecule has 2 rings (SSSR count). The minimum Gasteiger partial charge on any atom is -0.303 e. The van der Waals surface area contributed by atoms with E-state index in [1.807, 2.05) is 51.1 Å². The highest BCUT2D eigenvalue weighted by molar-refractivity contribution is 7.89. The third-order valence-electron chi connectivity index (χ3n) is 4.50. The first-order chi connectivity index (χ1) is 10.9. The van der Waals surface area contributed by atoms with Gasteiger partial charge in [0, 0.05) is 24.4 Å². The Morgan fingerprint density at radius 2 is 1.83 bits per heavy atom. The molecule has 1 aliphatic carbocycles. The number of carbonyl (C=O) groups excluding carboxylic acids is 1. The second kappa shape index (κ2) is 6.81. The van der Waals surface area contributed by atoms with Crippen LogP contribution in [0.5, 0.6) is 0 Å². The molecule has 1 aromatic rings. The van der Waals surface area contributed by atoms with Gasteiger partial charge in [-0.3, -0.25) is 0 Å². The normalized spacial score (nSPS) is 24.1. The molecule has 0 fully saturated rings. The van der Waals surface area contributed by atoms with Gasteiger partial charge in [0.05, 0.1) is 4.90 Å². The highest BCUT2D eigenvalue weighted by Gasteiger charge is 2.38. The first kappa shape index (κ1) is 17.6. The summed E-state index contributed by atoms with van der Waals surface area (Å²) in [5, 5.41) is 0. The van der Waals surface area contributed by atoms with E-state index in [4.69, 9.17) is 0 Å². The van der Waals surface area contributed by atoms with Crippen molar-refractivity contribution >= 4 is 16.3 Å². The largest absolute Gasteiger partial charge is 0.303 e. The molecule has 0 saturated heterocycles. The van der Waals surface area contributed by atoms with Crippen LogP contribution in [0, 0.1) is 5.92 Å². The molecule has 2 unspecified atom stereocenters. The Kier molecular flexibility index (Phi) is 5.22. The average molecular weight is 333 g/mol. The molecule has 0 bridgehead atoms. The van der Waals surface area contributed by atoms with Gasteiger partial charge in [-0.1, -0.05) is 63.3 Å². The highest BCUT2D eigenvalue weighted by atomic mass is 32.2. The number of benzene rings is 1. The number of nitrogens with zero attached hydrogens (tertiary/aromatic N) is 1. The molecule has 0 spiro atoms. The summed E-state index contributed by atoms with van der Waals surface area (Å²) in [6.07, 6.45) is 8.28. The molecule has 5 heteroatoms. The van der Waals surface area contributed by atoms with Crippen molar-refractivity contribution in [3.05, 3.63) is 54.1 Å². The fourth-order valence-corrected chi connectivity index (χ4v) is 4.82. The number of rotatable bonds is 6. The second-order valence-electron chi connectivity index (χ2n) is 5.77. The molecule has 0 amide bonds. The first-order valence-electron chi connectivity index (χ1n) is 7.82. The SMILES string of the molecule is CCN(CC)S(=O)(=O)c1ccccc1C1(C)C=CC=CC1C=O. The van der Waals surface area contributed by atoms with E-state index in [2.05, 4.69) is 0 Å². The van der Waals surface area contributed by atoms with Crippen LogP contribution in [0.4, 0.5) is 0 Å². The monoisotopic (exact) mass is 333 g/mol. The maximum Gasteiger partial charge on any atom is 0.243 e. The Labute approximate surface area is 138 Å². The quantitative estimate of drug-likeness (QED) is 0.752. The van der Waals surface area contributed by atoms with E-state index in [1.165, 1.54) is 4.31 Å². The third kappa shape index (κ3) is 3.03. The van der Waals surface area contributed by atoms with Gasteiger partial charge in [0.15, 0.2) is 0 Å². The summed E-state index contributed by atoms with van der Waals surface area (Å²) in [7, 11) is -3.59. The zero-order valence-corrected chi connectivity index (χ0v) is 14.6. The topological polar surface area (TPSA) is 54.5 Å². The Balaban J connectivity index is 2.65. The van der Waals surface area contributed by atoms with Crippen LogP contribution in [0.2, 0.25) is 0 Å². The van der Waals surface area contributed by atoms with Crippen LogP contribution in [0.3, 0.4) is 0 Å².